The van der Waals surface area contributed by atoms with Crippen molar-refractivity contribution in [2.45, 2.75) is 19.8 Å². The Hall–Kier alpha value is -1.42. The molecule has 0 saturated heterocycles. The number of benzene rings is 1. The maximum atomic E-state index is 11.8. The molecule has 1 aliphatic heterocycles. The standard InChI is InChI=1S/C12H14ClNO3/c1-2-3-4-14-12(15)8-5-9(13)11-10(6-8)16-7-17-11/h5-6H,2-4,7H2,1H3,(H,14,15). The molecule has 1 aliphatic rings. The van der Waals surface area contributed by atoms with Crippen molar-refractivity contribution in [1.82, 2.24) is 5.32 Å². The van der Waals surface area contributed by atoms with Crippen LogP contribution in [0.3, 0.4) is 0 Å². The highest BCUT2D eigenvalue weighted by Gasteiger charge is 2.20. The topological polar surface area (TPSA) is 47.6 Å². The second-order valence-corrected chi connectivity index (χ2v) is 4.21. The third-order valence-corrected chi connectivity index (χ3v) is 2.79. The van der Waals surface area contributed by atoms with Gasteiger partial charge in [0, 0.05) is 12.1 Å². The van der Waals surface area contributed by atoms with E-state index >= 15 is 0 Å². The zero-order valence-corrected chi connectivity index (χ0v) is 10.3. The number of nitrogens with one attached hydrogen (secondary N) is 1. The van der Waals surface area contributed by atoms with Crippen molar-refractivity contribution in [2.75, 3.05) is 13.3 Å². The Morgan fingerprint density at radius 1 is 1.47 bits per heavy atom. The molecule has 5 heteroatoms. The summed E-state index contributed by atoms with van der Waals surface area (Å²) in [4.78, 5) is 11.8. The molecule has 1 aromatic rings. The van der Waals surface area contributed by atoms with Gasteiger partial charge in [-0.15, -0.1) is 0 Å². The van der Waals surface area contributed by atoms with Crippen LogP contribution in [0.4, 0.5) is 0 Å². The number of unbranched alkanes of at least 4 members (excludes halogenated alkanes) is 1. The third-order valence-electron chi connectivity index (χ3n) is 2.51. The van der Waals surface area contributed by atoms with Gasteiger partial charge < -0.3 is 14.8 Å². The van der Waals surface area contributed by atoms with E-state index in [1.807, 2.05) is 0 Å². The Kier molecular flexibility index (Phi) is 3.74. The number of halogens is 1. The van der Waals surface area contributed by atoms with E-state index in [4.69, 9.17) is 21.1 Å². The molecule has 0 aromatic heterocycles. The van der Waals surface area contributed by atoms with Gasteiger partial charge in [-0.3, -0.25) is 4.79 Å². The largest absolute Gasteiger partial charge is 0.454 e. The van der Waals surface area contributed by atoms with Crippen molar-refractivity contribution in [2.24, 2.45) is 0 Å². The van der Waals surface area contributed by atoms with Crippen molar-refractivity contribution >= 4 is 17.5 Å². The lowest BCUT2D eigenvalue weighted by molar-refractivity contribution is 0.0952. The van der Waals surface area contributed by atoms with E-state index < -0.39 is 0 Å². The minimum absolute atomic E-state index is 0.140. The number of ether oxygens (including phenoxy) is 2. The van der Waals surface area contributed by atoms with Gasteiger partial charge in [0.15, 0.2) is 11.5 Å². The van der Waals surface area contributed by atoms with Crippen molar-refractivity contribution in [3.05, 3.63) is 22.7 Å². The zero-order chi connectivity index (χ0) is 12.3. The molecular formula is C12H14ClNO3. The molecule has 1 amide bonds. The minimum Gasteiger partial charge on any atom is -0.454 e. The van der Waals surface area contributed by atoms with E-state index in [-0.39, 0.29) is 12.7 Å². The summed E-state index contributed by atoms with van der Waals surface area (Å²) in [5, 5.41) is 3.23. The Labute approximate surface area is 105 Å². The average molecular weight is 256 g/mol. The maximum Gasteiger partial charge on any atom is 0.251 e. The lowest BCUT2D eigenvalue weighted by atomic mass is 10.2. The van der Waals surface area contributed by atoms with Crippen LogP contribution in [0.5, 0.6) is 11.5 Å². The molecule has 0 spiro atoms. The average Bonchev–Trinajstić information content (AvgIpc) is 2.77. The summed E-state index contributed by atoms with van der Waals surface area (Å²) in [5.41, 5.74) is 0.496. The summed E-state index contributed by atoms with van der Waals surface area (Å²) in [5.74, 6) is 0.897. The number of amides is 1. The van der Waals surface area contributed by atoms with E-state index in [1.54, 1.807) is 12.1 Å². The first-order valence-electron chi connectivity index (χ1n) is 5.59. The number of fused-ring (bicyclic) bond motifs is 1. The molecule has 17 heavy (non-hydrogen) atoms. The normalized spacial score (nSPS) is 12.6. The van der Waals surface area contributed by atoms with E-state index in [0.29, 0.717) is 28.6 Å². The smallest absolute Gasteiger partial charge is 0.251 e. The molecule has 1 aromatic carbocycles. The first-order valence-corrected chi connectivity index (χ1v) is 5.97. The number of hydrogen-bond donors (Lipinski definition) is 1. The summed E-state index contributed by atoms with van der Waals surface area (Å²) < 4.78 is 10.4. The predicted octanol–water partition coefficient (Wildman–Crippen LogP) is 2.60. The molecule has 0 fully saturated rings. The molecule has 1 heterocycles. The summed E-state index contributed by atoms with van der Waals surface area (Å²) in [6, 6.07) is 3.24. The fourth-order valence-corrected chi connectivity index (χ4v) is 1.84. The van der Waals surface area contributed by atoms with Gasteiger partial charge >= 0.3 is 0 Å². The van der Waals surface area contributed by atoms with Gasteiger partial charge in [0.1, 0.15) is 0 Å². The molecule has 0 radical (unpaired) electrons. The Bertz CT molecular complexity index is 434. The van der Waals surface area contributed by atoms with Crippen molar-refractivity contribution in [3.8, 4) is 11.5 Å². The van der Waals surface area contributed by atoms with Gasteiger partial charge in [-0.1, -0.05) is 24.9 Å². The van der Waals surface area contributed by atoms with Crippen LogP contribution in [0, 0.1) is 0 Å². The van der Waals surface area contributed by atoms with Gasteiger partial charge in [0.05, 0.1) is 5.02 Å². The van der Waals surface area contributed by atoms with Crippen LogP contribution in [0.2, 0.25) is 5.02 Å². The lowest BCUT2D eigenvalue weighted by Gasteiger charge is -2.06. The van der Waals surface area contributed by atoms with Crippen LogP contribution in [0.25, 0.3) is 0 Å². The lowest BCUT2D eigenvalue weighted by Crippen LogP contribution is -2.24. The summed E-state index contributed by atoms with van der Waals surface area (Å²) in [6.45, 7) is 2.89. The van der Waals surface area contributed by atoms with E-state index in [0.717, 1.165) is 12.8 Å². The van der Waals surface area contributed by atoms with E-state index in [1.165, 1.54) is 0 Å². The van der Waals surface area contributed by atoms with Gasteiger partial charge in [0.25, 0.3) is 5.91 Å². The highest BCUT2D eigenvalue weighted by Crippen LogP contribution is 2.39. The Morgan fingerprint density at radius 3 is 3.06 bits per heavy atom. The maximum absolute atomic E-state index is 11.8. The fraction of sp³-hybridized carbons (Fsp3) is 0.417. The van der Waals surface area contributed by atoms with E-state index in [2.05, 4.69) is 12.2 Å². The van der Waals surface area contributed by atoms with Gasteiger partial charge in [-0.05, 0) is 18.6 Å². The number of carbonyl (C=O) groups is 1. The van der Waals surface area contributed by atoms with Crippen LogP contribution in [0.1, 0.15) is 30.1 Å². The molecule has 92 valence electrons. The fourth-order valence-electron chi connectivity index (χ4n) is 1.58. The molecular weight excluding hydrogens is 242 g/mol. The van der Waals surface area contributed by atoms with Crippen LogP contribution >= 0.6 is 11.6 Å². The van der Waals surface area contributed by atoms with Crippen molar-refractivity contribution in [1.29, 1.82) is 0 Å². The molecule has 0 atom stereocenters. The highest BCUT2D eigenvalue weighted by molar-refractivity contribution is 6.32. The molecule has 1 N–H and O–H groups in total. The van der Waals surface area contributed by atoms with Gasteiger partial charge in [0.2, 0.25) is 6.79 Å². The zero-order valence-electron chi connectivity index (χ0n) is 9.59. The molecule has 2 rings (SSSR count). The van der Waals surface area contributed by atoms with Gasteiger partial charge in [-0.2, -0.15) is 0 Å². The van der Waals surface area contributed by atoms with Crippen LogP contribution < -0.4 is 14.8 Å². The highest BCUT2D eigenvalue weighted by atomic mass is 35.5. The Morgan fingerprint density at radius 2 is 2.29 bits per heavy atom. The van der Waals surface area contributed by atoms with Crippen LogP contribution in [-0.2, 0) is 0 Å². The monoisotopic (exact) mass is 255 g/mol. The van der Waals surface area contributed by atoms with Crippen molar-refractivity contribution < 1.29 is 14.3 Å². The molecule has 0 aliphatic carbocycles. The third kappa shape index (κ3) is 2.64. The van der Waals surface area contributed by atoms with Crippen LogP contribution in [-0.4, -0.2) is 19.2 Å². The second kappa shape index (κ2) is 5.27. The van der Waals surface area contributed by atoms with Crippen molar-refractivity contribution in [3.63, 3.8) is 0 Å². The van der Waals surface area contributed by atoms with E-state index in [9.17, 15) is 4.79 Å². The Balaban J connectivity index is 2.11. The summed E-state index contributed by atoms with van der Waals surface area (Å²) >= 11 is 6.00. The molecule has 4 nitrogen and oxygen atoms in total. The molecule has 0 unspecified atom stereocenters. The quantitative estimate of drug-likeness (QED) is 0.842. The minimum atomic E-state index is -0.140. The van der Waals surface area contributed by atoms with Crippen LogP contribution in [0.15, 0.2) is 12.1 Å². The predicted molar refractivity (Wildman–Crippen MR) is 64.8 cm³/mol. The summed E-state index contributed by atoms with van der Waals surface area (Å²) in [6.07, 6.45) is 2.01. The number of rotatable bonds is 4. The summed E-state index contributed by atoms with van der Waals surface area (Å²) in [7, 11) is 0. The first kappa shape index (κ1) is 12.0. The number of hydrogen-bond acceptors (Lipinski definition) is 3. The number of carbonyl (C=O) groups excluding carboxylic acids is 1. The SMILES string of the molecule is CCCCNC(=O)c1cc(Cl)c2c(c1)OCO2. The first-order chi connectivity index (χ1) is 8.22. The molecule has 0 saturated carbocycles. The molecule has 0 bridgehead atoms. The van der Waals surface area contributed by atoms with Gasteiger partial charge in [-0.25, -0.2) is 0 Å². The second-order valence-electron chi connectivity index (χ2n) is 3.80.